The van der Waals surface area contributed by atoms with Crippen LogP contribution in [0.2, 0.25) is 0 Å². The van der Waals surface area contributed by atoms with E-state index in [1.165, 1.54) is 0 Å². The molecule has 6 aromatic rings. The summed E-state index contributed by atoms with van der Waals surface area (Å²) in [6.07, 6.45) is 0. The average Bonchev–Trinajstić information content (AvgIpc) is 3.40. The van der Waals surface area contributed by atoms with Gasteiger partial charge in [-0.25, -0.2) is 4.85 Å². The fourth-order valence-corrected chi connectivity index (χ4v) is 7.42. The molecule has 0 amide bonds. The van der Waals surface area contributed by atoms with Gasteiger partial charge in [-0.3, -0.25) is 0 Å². The van der Waals surface area contributed by atoms with Crippen LogP contribution in [-0.4, -0.2) is 11.4 Å². The van der Waals surface area contributed by atoms with Crippen LogP contribution in [0.4, 0.5) is 17.1 Å². The first-order valence-corrected chi connectivity index (χ1v) is 14.3. The Hall–Kier alpha value is -6.28. The standard InChI is InChI=1S/C37H21BN6/c1-37(2)28-16-22(19-39)15-23(20-40)34(28)44(35-24(21-41)17-25(42-3)18-29(35)37)38-30-11-5-7-14-33(30)43-32-13-6-4-9-26(32)27-10-8-12-31(38)36(27)43/h4-18H,1-2H3. The van der Waals surface area contributed by atoms with Crippen LogP contribution in [0.3, 0.4) is 0 Å². The smallest absolute Gasteiger partial charge is 0.332 e. The van der Waals surface area contributed by atoms with Gasteiger partial charge in [0.05, 0.1) is 52.1 Å². The first-order valence-electron chi connectivity index (χ1n) is 14.3. The molecule has 6 nitrogen and oxygen atoms in total. The van der Waals surface area contributed by atoms with Crippen LogP contribution in [0.25, 0.3) is 32.3 Å². The molecule has 0 atom stereocenters. The summed E-state index contributed by atoms with van der Waals surface area (Å²) in [6, 6.07) is 37.0. The van der Waals surface area contributed by atoms with Crippen LogP contribution in [0.15, 0.2) is 91.0 Å². The van der Waals surface area contributed by atoms with Crippen molar-refractivity contribution in [3.63, 3.8) is 0 Å². The third-order valence-electron chi connectivity index (χ3n) is 9.28. The van der Waals surface area contributed by atoms with Gasteiger partial charge in [0.2, 0.25) is 0 Å². The summed E-state index contributed by atoms with van der Waals surface area (Å²) in [6.45, 7) is 11.5. The van der Waals surface area contributed by atoms with Crippen LogP contribution in [0.1, 0.15) is 41.7 Å². The molecule has 7 heteroatoms. The van der Waals surface area contributed by atoms with E-state index in [2.05, 4.69) is 87.0 Å². The second-order valence-corrected chi connectivity index (χ2v) is 11.8. The molecule has 2 aliphatic rings. The number of aromatic nitrogens is 1. The summed E-state index contributed by atoms with van der Waals surface area (Å²) in [5, 5.41) is 33.4. The number of hydrogen-bond acceptors (Lipinski definition) is 4. The third-order valence-corrected chi connectivity index (χ3v) is 9.28. The van der Waals surface area contributed by atoms with E-state index in [1.54, 1.807) is 12.1 Å². The normalized spacial score (nSPS) is 13.7. The van der Waals surface area contributed by atoms with E-state index < -0.39 is 12.3 Å². The van der Waals surface area contributed by atoms with Crippen LogP contribution >= 0.6 is 0 Å². The molecule has 0 unspecified atom stereocenters. The van der Waals surface area contributed by atoms with Crippen LogP contribution in [0.5, 0.6) is 0 Å². The van der Waals surface area contributed by atoms with E-state index in [1.807, 2.05) is 38.1 Å². The topological polar surface area (TPSA) is 83.9 Å². The molecular weight excluding hydrogens is 539 g/mol. The van der Waals surface area contributed by atoms with Gasteiger partial charge in [0.15, 0.2) is 5.69 Å². The Labute approximate surface area is 254 Å². The molecular formula is C37H21BN6. The highest BCUT2D eigenvalue weighted by atomic mass is 15.1. The number of fused-ring (bicyclic) bond motifs is 7. The molecule has 44 heavy (non-hydrogen) atoms. The van der Waals surface area contributed by atoms with E-state index in [-0.39, 0.29) is 0 Å². The van der Waals surface area contributed by atoms with Crippen molar-refractivity contribution in [2.24, 2.45) is 0 Å². The number of benzene rings is 5. The molecule has 0 fully saturated rings. The fraction of sp³-hybridized carbons (Fsp3) is 0.0811. The number of rotatable bonds is 1. The van der Waals surface area contributed by atoms with Gasteiger partial charge < -0.3 is 9.38 Å². The number of nitriles is 3. The van der Waals surface area contributed by atoms with Gasteiger partial charge in [-0.15, -0.1) is 0 Å². The highest BCUT2D eigenvalue weighted by Crippen LogP contribution is 2.53. The van der Waals surface area contributed by atoms with Gasteiger partial charge >= 0.3 is 6.85 Å². The van der Waals surface area contributed by atoms with E-state index in [0.29, 0.717) is 33.8 Å². The van der Waals surface area contributed by atoms with Crippen molar-refractivity contribution in [2.45, 2.75) is 19.3 Å². The zero-order valence-electron chi connectivity index (χ0n) is 23.9. The summed E-state index contributed by atoms with van der Waals surface area (Å²) in [5.41, 5.74) is 9.06. The zero-order chi connectivity index (χ0) is 30.3. The van der Waals surface area contributed by atoms with Crippen molar-refractivity contribution in [3.05, 3.63) is 130 Å². The molecule has 8 rings (SSSR count). The van der Waals surface area contributed by atoms with Crippen molar-refractivity contribution in [2.75, 3.05) is 4.81 Å². The predicted octanol–water partition coefficient (Wildman–Crippen LogP) is 6.85. The van der Waals surface area contributed by atoms with Crippen molar-refractivity contribution in [1.29, 1.82) is 15.8 Å². The Morgan fingerprint density at radius 3 is 2.14 bits per heavy atom. The number of para-hydroxylation sites is 3. The number of hydrogen-bond donors (Lipinski definition) is 0. The molecule has 0 bridgehead atoms. The Kier molecular flexibility index (Phi) is 5.12. The minimum absolute atomic E-state index is 0.367. The highest BCUT2D eigenvalue weighted by molar-refractivity contribution is 6.92. The van der Waals surface area contributed by atoms with Crippen molar-refractivity contribution in [3.8, 4) is 23.9 Å². The lowest BCUT2D eigenvalue weighted by molar-refractivity contribution is 0.633. The first kappa shape index (κ1) is 25.4. The van der Waals surface area contributed by atoms with Gasteiger partial charge in [0, 0.05) is 27.6 Å². The van der Waals surface area contributed by atoms with Gasteiger partial charge in [0.25, 0.3) is 0 Å². The third kappa shape index (κ3) is 3.11. The maximum atomic E-state index is 10.6. The van der Waals surface area contributed by atoms with Gasteiger partial charge in [-0.05, 0) is 52.4 Å². The van der Waals surface area contributed by atoms with Gasteiger partial charge in [-0.1, -0.05) is 74.5 Å². The largest absolute Gasteiger partial charge is 0.374 e. The molecule has 0 radical (unpaired) electrons. The molecule has 202 valence electrons. The van der Waals surface area contributed by atoms with Gasteiger partial charge in [-0.2, -0.15) is 15.8 Å². The molecule has 0 aliphatic carbocycles. The predicted molar refractivity (Wildman–Crippen MR) is 173 cm³/mol. The number of anilines is 2. The van der Waals surface area contributed by atoms with E-state index in [9.17, 15) is 15.8 Å². The highest BCUT2D eigenvalue weighted by Gasteiger charge is 2.46. The van der Waals surface area contributed by atoms with Crippen LogP contribution < -0.4 is 15.7 Å². The molecule has 0 saturated carbocycles. The molecule has 3 heterocycles. The lowest BCUT2D eigenvalue weighted by Crippen LogP contribution is -2.60. The quantitative estimate of drug-likeness (QED) is 0.163. The fourth-order valence-electron chi connectivity index (χ4n) is 7.42. The number of nitrogens with zero attached hydrogens (tertiary/aromatic N) is 6. The van der Waals surface area contributed by atoms with Crippen molar-refractivity contribution >= 4 is 56.6 Å². The Bertz CT molecular complexity index is 2360. The maximum Gasteiger partial charge on any atom is 0.332 e. The average molecular weight is 560 g/mol. The molecule has 2 aliphatic heterocycles. The molecule has 1 aromatic heterocycles. The first-order chi connectivity index (χ1) is 21.4. The Morgan fingerprint density at radius 1 is 0.727 bits per heavy atom. The molecule has 5 aromatic carbocycles. The summed E-state index contributed by atoms with van der Waals surface area (Å²) in [7, 11) is 0. The Balaban J connectivity index is 1.59. The van der Waals surface area contributed by atoms with E-state index in [4.69, 9.17) is 6.57 Å². The zero-order valence-corrected chi connectivity index (χ0v) is 23.9. The minimum Gasteiger partial charge on any atom is -0.374 e. The summed E-state index contributed by atoms with van der Waals surface area (Å²) >= 11 is 0. The summed E-state index contributed by atoms with van der Waals surface area (Å²) in [4.78, 5) is 5.84. The van der Waals surface area contributed by atoms with Crippen molar-refractivity contribution < 1.29 is 0 Å². The van der Waals surface area contributed by atoms with Gasteiger partial charge in [0.1, 0.15) is 6.07 Å². The monoisotopic (exact) mass is 560 g/mol. The SMILES string of the molecule is [C-]#[N+]c1cc(C#N)c2c(c1)C(C)(C)c1cc(C#N)cc(C#N)c1N2B1c2ccccc2-n2c3ccccc3c3cccc1c32. The van der Waals surface area contributed by atoms with Crippen LogP contribution in [-0.2, 0) is 5.41 Å². The summed E-state index contributed by atoms with van der Waals surface area (Å²) < 4.78 is 2.32. The second-order valence-electron chi connectivity index (χ2n) is 11.8. The van der Waals surface area contributed by atoms with E-state index >= 15 is 0 Å². The van der Waals surface area contributed by atoms with E-state index in [0.717, 1.165) is 49.5 Å². The summed E-state index contributed by atoms with van der Waals surface area (Å²) in [5.74, 6) is 0. The maximum absolute atomic E-state index is 10.6. The second kappa shape index (κ2) is 8.86. The molecule has 0 saturated heterocycles. The van der Waals surface area contributed by atoms with Crippen molar-refractivity contribution in [1.82, 2.24) is 4.57 Å². The molecule has 0 spiro atoms. The van der Waals surface area contributed by atoms with Crippen LogP contribution in [0, 0.1) is 40.6 Å². The Morgan fingerprint density at radius 2 is 1.39 bits per heavy atom. The molecule has 0 N–H and O–H groups in total. The lowest BCUT2D eigenvalue weighted by atomic mass is 9.45. The lowest BCUT2D eigenvalue weighted by Gasteiger charge is -2.47. The minimum atomic E-state index is -0.707.